The van der Waals surface area contributed by atoms with Crippen LogP contribution in [0.2, 0.25) is 0 Å². The van der Waals surface area contributed by atoms with Crippen molar-refractivity contribution in [2.45, 2.75) is 26.2 Å². The molecule has 0 N–H and O–H groups in total. The number of aryl methyl sites for hydroxylation is 1. The zero-order chi connectivity index (χ0) is 10.1. The maximum Gasteiger partial charge on any atom is 0.318 e. The highest BCUT2D eigenvalue weighted by atomic mass is 32.1. The van der Waals surface area contributed by atoms with Crippen molar-refractivity contribution in [3.63, 3.8) is 0 Å². The number of aromatic nitrogens is 1. The number of rotatable bonds is 2. The molecule has 1 aromatic rings. The minimum atomic E-state index is -0.631. The van der Waals surface area contributed by atoms with Crippen molar-refractivity contribution >= 4 is 17.3 Å². The highest BCUT2D eigenvalue weighted by Crippen LogP contribution is 2.27. The van der Waals surface area contributed by atoms with Gasteiger partial charge in [0.05, 0.1) is 7.11 Å². The molecule has 72 valence electrons. The van der Waals surface area contributed by atoms with Crippen LogP contribution >= 0.6 is 11.3 Å². The van der Waals surface area contributed by atoms with E-state index in [2.05, 4.69) is 4.98 Å². The van der Waals surface area contributed by atoms with Gasteiger partial charge in [-0.3, -0.25) is 4.79 Å². The first-order chi connectivity index (χ1) is 5.98. The molecule has 0 spiro atoms. The number of hydrogen-bond donors (Lipinski definition) is 0. The SMILES string of the molecule is COC(=O)C(C)(C)c1nc(C)cs1. The standard InChI is InChI=1S/C9H13NO2S/c1-6-5-13-7(10-6)9(2,3)8(11)12-4/h5H,1-4H3. The quantitative estimate of drug-likeness (QED) is 0.683. The summed E-state index contributed by atoms with van der Waals surface area (Å²) in [7, 11) is 1.39. The van der Waals surface area contributed by atoms with E-state index >= 15 is 0 Å². The van der Waals surface area contributed by atoms with Crippen LogP contribution in [0.1, 0.15) is 24.5 Å². The van der Waals surface area contributed by atoms with Crippen LogP contribution in [-0.2, 0) is 14.9 Å². The Hall–Kier alpha value is -0.900. The van der Waals surface area contributed by atoms with Crippen LogP contribution in [0.3, 0.4) is 0 Å². The molecule has 1 aromatic heterocycles. The van der Waals surface area contributed by atoms with Crippen LogP contribution in [0.15, 0.2) is 5.38 Å². The topological polar surface area (TPSA) is 39.2 Å². The lowest BCUT2D eigenvalue weighted by molar-refractivity contribution is -0.146. The third-order valence-corrected chi connectivity index (χ3v) is 3.13. The summed E-state index contributed by atoms with van der Waals surface area (Å²) in [6.07, 6.45) is 0. The summed E-state index contributed by atoms with van der Waals surface area (Å²) >= 11 is 1.49. The summed E-state index contributed by atoms with van der Waals surface area (Å²) in [5, 5.41) is 2.73. The molecule has 0 bridgehead atoms. The first-order valence-corrected chi connectivity index (χ1v) is 4.87. The van der Waals surface area contributed by atoms with Crippen LogP contribution in [0, 0.1) is 6.92 Å². The number of thiazole rings is 1. The Balaban J connectivity index is 2.99. The van der Waals surface area contributed by atoms with Crippen molar-refractivity contribution in [1.82, 2.24) is 4.98 Å². The first kappa shape index (κ1) is 10.2. The molecule has 0 fully saturated rings. The molecule has 0 atom stereocenters. The second-order valence-electron chi connectivity index (χ2n) is 3.41. The van der Waals surface area contributed by atoms with E-state index in [0.717, 1.165) is 10.7 Å². The van der Waals surface area contributed by atoms with Gasteiger partial charge in [-0.25, -0.2) is 4.98 Å². The maximum absolute atomic E-state index is 11.4. The van der Waals surface area contributed by atoms with Gasteiger partial charge in [-0.2, -0.15) is 0 Å². The van der Waals surface area contributed by atoms with E-state index in [0.29, 0.717) is 0 Å². The summed E-state index contributed by atoms with van der Waals surface area (Å²) in [6.45, 7) is 5.54. The van der Waals surface area contributed by atoms with Crippen LogP contribution in [0.25, 0.3) is 0 Å². The van der Waals surface area contributed by atoms with Crippen LogP contribution in [-0.4, -0.2) is 18.1 Å². The number of esters is 1. The predicted octanol–water partition coefficient (Wildman–Crippen LogP) is 1.90. The van der Waals surface area contributed by atoms with E-state index in [1.165, 1.54) is 18.4 Å². The molecule has 0 aliphatic heterocycles. The molecule has 0 aromatic carbocycles. The van der Waals surface area contributed by atoms with Crippen molar-refractivity contribution in [3.8, 4) is 0 Å². The third kappa shape index (κ3) is 1.88. The van der Waals surface area contributed by atoms with Crippen LogP contribution in [0.4, 0.5) is 0 Å². The third-order valence-electron chi connectivity index (χ3n) is 1.85. The smallest absolute Gasteiger partial charge is 0.318 e. The lowest BCUT2D eigenvalue weighted by Gasteiger charge is -2.17. The molecule has 0 saturated heterocycles. The molecule has 1 rings (SSSR count). The van der Waals surface area contributed by atoms with E-state index in [1.807, 2.05) is 26.2 Å². The normalized spacial score (nSPS) is 11.4. The molecule has 13 heavy (non-hydrogen) atoms. The highest BCUT2D eigenvalue weighted by Gasteiger charge is 2.33. The largest absolute Gasteiger partial charge is 0.468 e. The summed E-state index contributed by atoms with van der Waals surface area (Å²) in [4.78, 5) is 15.7. The average Bonchev–Trinajstić information content (AvgIpc) is 2.50. The van der Waals surface area contributed by atoms with Gasteiger partial charge in [-0.1, -0.05) is 0 Å². The molecular weight excluding hydrogens is 186 g/mol. The second-order valence-corrected chi connectivity index (χ2v) is 4.27. The van der Waals surface area contributed by atoms with Crippen molar-refractivity contribution < 1.29 is 9.53 Å². The molecule has 0 aliphatic rings. The molecule has 0 aliphatic carbocycles. The Morgan fingerprint density at radius 1 is 1.62 bits per heavy atom. The number of carbonyl (C=O) groups excluding carboxylic acids is 1. The van der Waals surface area contributed by atoms with Gasteiger partial charge in [0, 0.05) is 11.1 Å². The zero-order valence-corrected chi connectivity index (χ0v) is 9.07. The predicted molar refractivity (Wildman–Crippen MR) is 51.9 cm³/mol. The molecule has 4 heteroatoms. The number of hydrogen-bond acceptors (Lipinski definition) is 4. The summed E-state index contributed by atoms with van der Waals surface area (Å²) in [6, 6.07) is 0. The first-order valence-electron chi connectivity index (χ1n) is 3.99. The fourth-order valence-corrected chi connectivity index (χ4v) is 1.89. The molecule has 0 amide bonds. The van der Waals surface area contributed by atoms with Gasteiger partial charge in [-0.05, 0) is 20.8 Å². The lowest BCUT2D eigenvalue weighted by atomic mass is 9.95. The van der Waals surface area contributed by atoms with E-state index in [-0.39, 0.29) is 5.97 Å². The van der Waals surface area contributed by atoms with Gasteiger partial charge in [0.15, 0.2) is 0 Å². The molecule has 0 saturated carbocycles. The number of ether oxygens (including phenoxy) is 1. The summed E-state index contributed by atoms with van der Waals surface area (Å²) < 4.78 is 4.71. The van der Waals surface area contributed by atoms with Crippen molar-refractivity contribution in [3.05, 3.63) is 16.1 Å². The molecule has 1 heterocycles. The Morgan fingerprint density at radius 2 is 2.23 bits per heavy atom. The van der Waals surface area contributed by atoms with Gasteiger partial charge in [-0.15, -0.1) is 11.3 Å². The molecule has 0 unspecified atom stereocenters. The summed E-state index contributed by atoms with van der Waals surface area (Å²) in [5.74, 6) is -0.248. The minimum absolute atomic E-state index is 0.248. The summed E-state index contributed by atoms with van der Waals surface area (Å²) in [5.41, 5.74) is 0.310. The molecule has 3 nitrogen and oxygen atoms in total. The van der Waals surface area contributed by atoms with E-state index in [9.17, 15) is 4.79 Å². The lowest BCUT2D eigenvalue weighted by Crippen LogP contribution is -2.30. The van der Waals surface area contributed by atoms with E-state index in [4.69, 9.17) is 4.74 Å². The van der Waals surface area contributed by atoms with Gasteiger partial charge in [0.2, 0.25) is 0 Å². The fourth-order valence-electron chi connectivity index (χ4n) is 0.984. The van der Waals surface area contributed by atoms with Gasteiger partial charge in [0.25, 0.3) is 0 Å². The molecular formula is C9H13NO2S. The molecule has 0 radical (unpaired) electrons. The van der Waals surface area contributed by atoms with Crippen LogP contribution < -0.4 is 0 Å². The van der Waals surface area contributed by atoms with Crippen molar-refractivity contribution in [1.29, 1.82) is 0 Å². The van der Waals surface area contributed by atoms with Gasteiger partial charge in [0.1, 0.15) is 10.4 Å². The average molecular weight is 199 g/mol. The van der Waals surface area contributed by atoms with Gasteiger partial charge >= 0.3 is 5.97 Å². The van der Waals surface area contributed by atoms with Crippen molar-refractivity contribution in [2.24, 2.45) is 0 Å². The van der Waals surface area contributed by atoms with Crippen molar-refractivity contribution in [2.75, 3.05) is 7.11 Å². The van der Waals surface area contributed by atoms with Crippen LogP contribution in [0.5, 0.6) is 0 Å². The second kappa shape index (κ2) is 3.46. The maximum atomic E-state index is 11.4. The highest BCUT2D eigenvalue weighted by molar-refractivity contribution is 7.10. The Kier molecular flexibility index (Phi) is 2.71. The van der Waals surface area contributed by atoms with E-state index < -0.39 is 5.41 Å². The number of methoxy groups -OCH3 is 1. The Bertz CT molecular complexity index is 317. The Morgan fingerprint density at radius 3 is 2.62 bits per heavy atom. The zero-order valence-electron chi connectivity index (χ0n) is 8.25. The monoisotopic (exact) mass is 199 g/mol. The fraction of sp³-hybridized carbons (Fsp3) is 0.556. The van der Waals surface area contributed by atoms with E-state index in [1.54, 1.807) is 0 Å². The minimum Gasteiger partial charge on any atom is -0.468 e. The Labute approximate surface area is 81.8 Å². The number of nitrogens with zero attached hydrogens (tertiary/aromatic N) is 1. The number of carbonyl (C=O) groups is 1. The van der Waals surface area contributed by atoms with Gasteiger partial charge < -0.3 is 4.74 Å².